The molecule has 8 nitrogen and oxygen atoms in total. The summed E-state index contributed by atoms with van der Waals surface area (Å²) < 4.78 is 5.24. The Morgan fingerprint density at radius 2 is 1.96 bits per heavy atom. The van der Waals surface area contributed by atoms with Gasteiger partial charge in [-0.25, -0.2) is 0 Å². The number of anilines is 2. The van der Waals surface area contributed by atoms with Gasteiger partial charge in [-0.1, -0.05) is 17.7 Å². The van der Waals surface area contributed by atoms with Crippen LogP contribution in [0.3, 0.4) is 0 Å². The Bertz CT molecular complexity index is 825. The SMILES string of the molecule is CC(=O)Nc1cc(NC(=O)COc2cccc([N+](=O)[O-])c2)ccc1Cl. The van der Waals surface area contributed by atoms with Gasteiger partial charge < -0.3 is 15.4 Å². The van der Waals surface area contributed by atoms with Crippen LogP contribution in [-0.4, -0.2) is 23.3 Å². The third kappa shape index (κ3) is 5.47. The highest BCUT2D eigenvalue weighted by Gasteiger charge is 2.10. The lowest BCUT2D eigenvalue weighted by Gasteiger charge is -2.10. The summed E-state index contributed by atoms with van der Waals surface area (Å²) in [5, 5.41) is 16.2. The van der Waals surface area contributed by atoms with Crippen molar-refractivity contribution >= 4 is 40.5 Å². The Morgan fingerprint density at radius 3 is 2.64 bits per heavy atom. The third-order valence-electron chi connectivity index (χ3n) is 2.96. The highest BCUT2D eigenvalue weighted by molar-refractivity contribution is 6.33. The van der Waals surface area contributed by atoms with Crippen LogP contribution in [0.25, 0.3) is 0 Å². The van der Waals surface area contributed by atoms with Crippen molar-refractivity contribution in [1.82, 2.24) is 0 Å². The lowest BCUT2D eigenvalue weighted by atomic mass is 10.2. The number of carbonyl (C=O) groups is 2. The fourth-order valence-corrected chi connectivity index (χ4v) is 2.09. The second kappa shape index (κ2) is 8.11. The second-order valence-electron chi connectivity index (χ2n) is 4.97. The number of ether oxygens (including phenoxy) is 1. The Labute approximate surface area is 147 Å². The van der Waals surface area contributed by atoms with Crippen LogP contribution in [0.5, 0.6) is 5.75 Å². The van der Waals surface area contributed by atoms with Gasteiger partial charge in [0.25, 0.3) is 11.6 Å². The van der Waals surface area contributed by atoms with E-state index in [0.29, 0.717) is 16.4 Å². The van der Waals surface area contributed by atoms with E-state index in [-0.39, 0.29) is 24.0 Å². The Kier molecular flexibility index (Phi) is 5.91. The minimum absolute atomic E-state index is 0.129. The van der Waals surface area contributed by atoms with E-state index < -0.39 is 10.8 Å². The molecule has 0 radical (unpaired) electrons. The summed E-state index contributed by atoms with van der Waals surface area (Å²) in [4.78, 5) is 33.2. The van der Waals surface area contributed by atoms with E-state index in [1.165, 1.54) is 43.3 Å². The maximum Gasteiger partial charge on any atom is 0.273 e. The van der Waals surface area contributed by atoms with Crippen molar-refractivity contribution in [2.75, 3.05) is 17.2 Å². The van der Waals surface area contributed by atoms with Crippen LogP contribution in [0.1, 0.15) is 6.92 Å². The van der Waals surface area contributed by atoms with E-state index in [1.807, 2.05) is 0 Å². The summed E-state index contributed by atoms with van der Waals surface area (Å²) in [6, 6.07) is 10.1. The maximum absolute atomic E-state index is 11.9. The molecule has 0 bridgehead atoms. The highest BCUT2D eigenvalue weighted by Crippen LogP contribution is 2.25. The molecule has 0 heterocycles. The van der Waals surface area contributed by atoms with Crippen LogP contribution in [0.15, 0.2) is 42.5 Å². The summed E-state index contributed by atoms with van der Waals surface area (Å²) in [6.07, 6.45) is 0. The molecule has 2 aromatic rings. The molecule has 9 heteroatoms. The number of nitro groups is 1. The molecular weight excluding hydrogens is 350 g/mol. The van der Waals surface area contributed by atoms with E-state index in [9.17, 15) is 19.7 Å². The third-order valence-corrected chi connectivity index (χ3v) is 3.29. The first-order chi connectivity index (χ1) is 11.8. The van der Waals surface area contributed by atoms with Crippen molar-refractivity contribution < 1.29 is 19.2 Å². The van der Waals surface area contributed by atoms with Gasteiger partial charge in [0, 0.05) is 18.7 Å². The van der Waals surface area contributed by atoms with Gasteiger partial charge in [-0.15, -0.1) is 0 Å². The zero-order valence-corrected chi connectivity index (χ0v) is 13.9. The van der Waals surface area contributed by atoms with Crippen LogP contribution in [0, 0.1) is 10.1 Å². The van der Waals surface area contributed by atoms with Crippen molar-refractivity contribution in [3.63, 3.8) is 0 Å². The van der Waals surface area contributed by atoms with Gasteiger partial charge in [-0.3, -0.25) is 19.7 Å². The van der Waals surface area contributed by atoms with Crippen LogP contribution in [0.2, 0.25) is 5.02 Å². The Hall–Kier alpha value is -3.13. The van der Waals surface area contributed by atoms with Gasteiger partial charge in [0.05, 0.1) is 21.7 Å². The van der Waals surface area contributed by atoms with Gasteiger partial charge in [-0.2, -0.15) is 0 Å². The minimum atomic E-state index is -0.551. The quantitative estimate of drug-likeness (QED) is 0.604. The molecule has 2 aromatic carbocycles. The number of rotatable bonds is 6. The number of hydrogen-bond acceptors (Lipinski definition) is 5. The molecule has 0 atom stereocenters. The second-order valence-corrected chi connectivity index (χ2v) is 5.37. The van der Waals surface area contributed by atoms with Crippen LogP contribution in [-0.2, 0) is 9.59 Å². The zero-order valence-electron chi connectivity index (χ0n) is 13.1. The molecule has 0 saturated carbocycles. The first-order valence-corrected chi connectivity index (χ1v) is 7.47. The number of nitrogens with one attached hydrogen (secondary N) is 2. The molecule has 2 amide bonds. The number of carbonyl (C=O) groups excluding carboxylic acids is 2. The molecule has 0 saturated heterocycles. The monoisotopic (exact) mass is 363 g/mol. The largest absolute Gasteiger partial charge is 0.484 e. The van der Waals surface area contributed by atoms with Gasteiger partial charge in [0.1, 0.15) is 5.75 Å². The molecule has 25 heavy (non-hydrogen) atoms. The lowest BCUT2D eigenvalue weighted by Crippen LogP contribution is -2.20. The summed E-state index contributed by atoms with van der Waals surface area (Å²) in [6.45, 7) is 1.01. The molecule has 0 spiro atoms. The van der Waals surface area contributed by atoms with E-state index in [0.717, 1.165) is 0 Å². The average Bonchev–Trinajstić information content (AvgIpc) is 2.56. The molecular formula is C16H14ClN3O5. The predicted molar refractivity (Wildman–Crippen MR) is 93.0 cm³/mol. The van der Waals surface area contributed by atoms with Crippen molar-refractivity contribution in [3.8, 4) is 5.75 Å². The topological polar surface area (TPSA) is 111 Å². The van der Waals surface area contributed by atoms with Gasteiger partial charge in [0.15, 0.2) is 6.61 Å². The molecule has 0 aliphatic rings. The Morgan fingerprint density at radius 1 is 1.20 bits per heavy atom. The number of hydrogen-bond donors (Lipinski definition) is 2. The fourth-order valence-electron chi connectivity index (χ4n) is 1.92. The maximum atomic E-state index is 11.9. The molecule has 0 aromatic heterocycles. The zero-order chi connectivity index (χ0) is 18.4. The van der Waals surface area contributed by atoms with Crippen LogP contribution < -0.4 is 15.4 Å². The molecule has 2 rings (SSSR count). The number of halogens is 1. The minimum Gasteiger partial charge on any atom is -0.484 e. The summed E-state index contributed by atoms with van der Waals surface area (Å²) in [5.41, 5.74) is 0.655. The lowest BCUT2D eigenvalue weighted by molar-refractivity contribution is -0.384. The average molecular weight is 364 g/mol. The van der Waals surface area contributed by atoms with Crippen molar-refractivity contribution in [2.45, 2.75) is 6.92 Å². The number of nitrogens with zero attached hydrogens (tertiary/aromatic N) is 1. The normalized spacial score (nSPS) is 10.0. The van der Waals surface area contributed by atoms with Crippen LogP contribution in [0.4, 0.5) is 17.1 Å². The van der Waals surface area contributed by atoms with E-state index in [1.54, 1.807) is 6.07 Å². The Balaban J connectivity index is 1.97. The number of benzene rings is 2. The van der Waals surface area contributed by atoms with Crippen molar-refractivity contribution in [3.05, 3.63) is 57.6 Å². The predicted octanol–water partition coefficient (Wildman–Crippen LogP) is 3.22. The fraction of sp³-hybridized carbons (Fsp3) is 0.125. The highest BCUT2D eigenvalue weighted by atomic mass is 35.5. The number of nitro benzene ring substituents is 1. The van der Waals surface area contributed by atoms with Crippen LogP contribution >= 0.6 is 11.6 Å². The summed E-state index contributed by atoms with van der Waals surface area (Å²) in [5.74, 6) is -0.554. The first-order valence-electron chi connectivity index (χ1n) is 7.09. The first kappa shape index (κ1) is 18.2. The van der Waals surface area contributed by atoms with E-state index >= 15 is 0 Å². The molecule has 0 aliphatic heterocycles. The van der Waals surface area contributed by atoms with Gasteiger partial charge >= 0.3 is 0 Å². The molecule has 0 fully saturated rings. The standard InChI is InChI=1S/C16H14ClN3O5/c1-10(21)18-15-7-11(5-6-14(15)17)19-16(22)9-25-13-4-2-3-12(8-13)20(23)24/h2-8H,9H2,1H3,(H,18,21)(H,19,22). The molecule has 0 unspecified atom stereocenters. The van der Waals surface area contributed by atoms with E-state index in [4.69, 9.17) is 16.3 Å². The molecule has 2 N–H and O–H groups in total. The van der Waals surface area contributed by atoms with Gasteiger partial charge in [0.2, 0.25) is 5.91 Å². The van der Waals surface area contributed by atoms with Crippen molar-refractivity contribution in [2.24, 2.45) is 0 Å². The summed E-state index contributed by atoms with van der Waals surface area (Å²) >= 11 is 5.95. The number of non-ortho nitro benzene ring substituents is 1. The van der Waals surface area contributed by atoms with Crippen molar-refractivity contribution in [1.29, 1.82) is 0 Å². The van der Waals surface area contributed by atoms with E-state index in [2.05, 4.69) is 10.6 Å². The van der Waals surface area contributed by atoms with Gasteiger partial charge in [-0.05, 0) is 24.3 Å². The summed E-state index contributed by atoms with van der Waals surface area (Å²) in [7, 11) is 0. The number of amides is 2. The molecule has 0 aliphatic carbocycles. The smallest absolute Gasteiger partial charge is 0.273 e. The molecule has 130 valence electrons.